The molecule has 1 fully saturated rings. The standard InChI is InChI=1S/C16H22BNO3/c1-15(2)16(3,4)21-17(20-15)14(10-18)9-12-6-5-7-13(8-12)11-19/h5-9,11H,10,18H2,1-4H3. The number of rotatable bonds is 4. The minimum atomic E-state index is -0.458. The first-order chi connectivity index (χ1) is 9.79. The van der Waals surface area contributed by atoms with Gasteiger partial charge in [0.1, 0.15) is 6.29 Å². The van der Waals surface area contributed by atoms with E-state index < -0.39 is 18.3 Å². The van der Waals surface area contributed by atoms with Gasteiger partial charge in [0.05, 0.1) is 11.2 Å². The van der Waals surface area contributed by atoms with Crippen LogP contribution in [-0.4, -0.2) is 31.2 Å². The van der Waals surface area contributed by atoms with E-state index in [1.54, 1.807) is 6.07 Å². The van der Waals surface area contributed by atoms with Crippen LogP contribution in [-0.2, 0) is 9.31 Å². The lowest BCUT2D eigenvalue weighted by Crippen LogP contribution is -2.41. The van der Waals surface area contributed by atoms with Gasteiger partial charge in [-0.1, -0.05) is 24.3 Å². The Balaban J connectivity index is 2.28. The lowest BCUT2D eigenvalue weighted by atomic mass is 9.77. The first-order valence-electron chi connectivity index (χ1n) is 7.10. The Morgan fingerprint density at radius 1 is 1.19 bits per heavy atom. The molecule has 0 bridgehead atoms. The van der Waals surface area contributed by atoms with E-state index in [0.717, 1.165) is 17.3 Å². The molecule has 0 radical (unpaired) electrons. The number of hydrogen-bond acceptors (Lipinski definition) is 4. The Morgan fingerprint density at radius 3 is 2.29 bits per heavy atom. The molecule has 21 heavy (non-hydrogen) atoms. The molecule has 0 unspecified atom stereocenters. The summed E-state index contributed by atoms with van der Waals surface area (Å²) in [5, 5.41) is 0. The lowest BCUT2D eigenvalue weighted by Gasteiger charge is -2.32. The van der Waals surface area contributed by atoms with Crippen molar-refractivity contribution in [3.8, 4) is 0 Å². The molecule has 0 saturated carbocycles. The van der Waals surface area contributed by atoms with Gasteiger partial charge in [-0.2, -0.15) is 0 Å². The molecule has 4 nitrogen and oxygen atoms in total. The fourth-order valence-electron chi connectivity index (χ4n) is 2.15. The van der Waals surface area contributed by atoms with E-state index in [0.29, 0.717) is 12.1 Å². The van der Waals surface area contributed by atoms with Crippen molar-refractivity contribution >= 4 is 19.5 Å². The van der Waals surface area contributed by atoms with Crippen LogP contribution in [0.25, 0.3) is 6.08 Å². The molecule has 0 amide bonds. The van der Waals surface area contributed by atoms with Gasteiger partial charge in [0.25, 0.3) is 0 Å². The van der Waals surface area contributed by atoms with Crippen molar-refractivity contribution < 1.29 is 14.1 Å². The summed E-state index contributed by atoms with van der Waals surface area (Å²) < 4.78 is 12.0. The molecule has 1 aliphatic heterocycles. The van der Waals surface area contributed by atoms with E-state index in [1.807, 2.05) is 52.0 Å². The monoisotopic (exact) mass is 287 g/mol. The van der Waals surface area contributed by atoms with Crippen molar-refractivity contribution in [3.63, 3.8) is 0 Å². The number of aldehydes is 1. The van der Waals surface area contributed by atoms with E-state index in [9.17, 15) is 4.79 Å². The Kier molecular flexibility index (Phi) is 4.37. The summed E-state index contributed by atoms with van der Waals surface area (Å²) in [5.41, 5.74) is 7.47. The average Bonchev–Trinajstić information content (AvgIpc) is 2.65. The summed E-state index contributed by atoms with van der Waals surface area (Å²) in [6, 6.07) is 7.34. The first kappa shape index (κ1) is 16.0. The molecule has 2 N–H and O–H groups in total. The van der Waals surface area contributed by atoms with Gasteiger partial charge in [-0.05, 0) is 44.8 Å². The fourth-order valence-corrected chi connectivity index (χ4v) is 2.15. The van der Waals surface area contributed by atoms with Crippen molar-refractivity contribution in [1.29, 1.82) is 0 Å². The molecule has 1 heterocycles. The summed E-state index contributed by atoms with van der Waals surface area (Å²) in [6.07, 6.45) is 2.75. The van der Waals surface area contributed by atoms with Gasteiger partial charge in [0.2, 0.25) is 0 Å². The fraction of sp³-hybridized carbons (Fsp3) is 0.438. The summed E-state index contributed by atoms with van der Waals surface area (Å²) in [7, 11) is -0.458. The number of carbonyl (C=O) groups is 1. The highest BCUT2D eigenvalue weighted by Crippen LogP contribution is 2.38. The quantitative estimate of drug-likeness (QED) is 0.682. The Bertz CT molecular complexity index is 550. The van der Waals surface area contributed by atoms with E-state index in [1.165, 1.54) is 0 Å². The minimum Gasteiger partial charge on any atom is -0.400 e. The molecule has 2 rings (SSSR count). The largest absolute Gasteiger partial charge is 0.491 e. The highest BCUT2D eigenvalue weighted by Gasteiger charge is 2.52. The van der Waals surface area contributed by atoms with Crippen LogP contribution in [0.2, 0.25) is 0 Å². The summed E-state index contributed by atoms with van der Waals surface area (Å²) in [6.45, 7) is 8.37. The molecule has 1 aliphatic rings. The van der Waals surface area contributed by atoms with Gasteiger partial charge >= 0.3 is 7.12 Å². The van der Waals surface area contributed by atoms with Crippen molar-refractivity contribution in [2.24, 2.45) is 5.73 Å². The van der Waals surface area contributed by atoms with Gasteiger partial charge in [0.15, 0.2) is 0 Å². The second-order valence-electron chi connectivity index (χ2n) is 6.30. The Morgan fingerprint density at radius 2 is 1.76 bits per heavy atom. The minimum absolute atomic E-state index is 0.335. The SMILES string of the molecule is CC1(C)OB(C(=Cc2cccc(C=O)c2)CN)OC1(C)C. The topological polar surface area (TPSA) is 61.5 Å². The van der Waals surface area contributed by atoms with Gasteiger partial charge in [0, 0.05) is 12.1 Å². The van der Waals surface area contributed by atoms with Gasteiger partial charge in [-0.15, -0.1) is 0 Å². The number of carbonyl (C=O) groups excluding carboxylic acids is 1. The van der Waals surface area contributed by atoms with Crippen molar-refractivity contribution in [3.05, 3.63) is 40.9 Å². The second kappa shape index (κ2) is 5.75. The van der Waals surface area contributed by atoms with Crippen molar-refractivity contribution in [1.82, 2.24) is 0 Å². The van der Waals surface area contributed by atoms with Crippen LogP contribution >= 0.6 is 0 Å². The molecule has 1 aromatic rings. The third-order valence-electron chi connectivity index (χ3n) is 4.19. The molecule has 5 heteroatoms. The van der Waals surface area contributed by atoms with Gasteiger partial charge in [-0.25, -0.2) is 0 Å². The Labute approximate surface area is 126 Å². The highest BCUT2D eigenvalue weighted by molar-refractivity contribution is 6.55. The average molecular weight is 287 g/mol. The van der Waals surface area contributed by atoms with Crippen LogP contribution in [0, 0.1) is 0 Å². The number of nitrogens with two attached hydrogens (primary N) is 1. The number of benzene rings is 1. The summed E-state index contributed by atoms with van der Waals surface area (Å²) >= 11 is 0. The third-order valence-corrected chi connectivity index (χ3v) is 4.19. The first-order valence-corrected chi connectivity index (χ1v) is 7.10. The highest BCUT2D eigenvalue weighted by atomic mass is 16.7. The van der Waals surface area contributed by atoms with E-state index in [4.69, 9.17) is 15.0 Å². The van der Waals surface area contributed by atoms with E-state index >= 15 is 0 Å². The molecule has 1 aromatic carbocycles. The van der Waals surface area contributed by atoms with Crippen LogP contribution in [0.3, 0.4) is 0 Å². The molecular formula is C16H22BNO3. The maximum atomic E-state index is 10.8. The predicted octanol–water partition coefficient (Wildman–Crippen LogP) is 2.47. The zero-order valence-corrected chi connectivity index (χ0v) is 13.1. The smallest absolute Gasteiger partial charge is 0.400 e. The van der Waals surface area contributed by atoms with Gasteiger partial charge in [-0.3, -0.25) is 4.79 Å². The molecule has 0 aliphatic carbocycles. The maximum Gasteiger partial charge on any atom is 0.491 e. The van der Waals surface area contributed by atoms with Crippen LogP contribution < -0.4 is 5.73 Å². The number of hydrogen-bond donors (Lipinski definition) is 1. The zero-order valence-electron chi connectivity index (χ0n) is 13.1. The zero-order chi connectivity index (χ0) is 15.7. The van der Waals surface area contributed by atoms with E-state index in [2.05, 4.69) is 0 Å². The lowest BCUT2D eigenvalue weighted by molar-refractivity contribution is 0.00578. The molecule has 1 saturated heterocycles. The van der Waals surface area contributed by atoms with Crippen LogP contribution in [0.1, 0.15) is 43.6 Å². The van der Waals surface area contributed by atoms with Crippen molar-refractivity contribution in [2.75, 3.05) is 6.54 Å². The normalized spacial score (nSPS) is 20.6. The third kappa shape index (κ3) is 3.26. The molecule has 0 aromatic heterocycles. The van der Waals surface area contributed by atoms with Crippen LogP contribution in [0.4, 0.5) is 0 Å². The molecule has 112 valence electrons. The van der Waals surface area contributed by atoms with Crippen LogP contribution in [0.5, 0.6) is 0 Å². The molecule has 0 spiro atoms. The van der Waals surface area contributed by atoms with Crippen molar-refractivity contribution in [2.45, 2.75) is 38.9 Å². The van der Waals surface area contributed by atoms with E-state index in [-0.39, 0.29) is 0 Å². The van der Waals surface area contributed by atoms with Crippen LogP contribution in [0.15, 0.2) is 29.7 Å². The summed E-state index contributed by atoms with van der Waals surface area (Å²) in [4.78, 5) is 10.8. The molecular weight excluding hydrogens is 265 g/mol. The predicted molar refractivity (Wildman–Crippen MR) is 84.9 cm³/mol. The molecule has 0 atom stereocenters. The second-order valence-corrected chi connectivity index (χ2v) is 6.30. The Hall–Kier alpha value is -1.43. The maximum absolute atomic E-state index is 10.8. The summed E-state index contributed by atoms with van der Waals surface area (Å²) in [5.74, 6) is 0. The van der Waals surface area contributed by atoms with Gasteiger partial charge < -0.3 is 15.0 Å².